The van der Waals surface area contributed by atoms with Crippen LogP contribution in [-0.4, -0.2) is 34.8 Å². The molecule has 0 unspecified atom stereocenters. The van der Waals surface area contributed by atoms with Crippen LogP contribution in [-0.2, 0) is 22.6 Å². The van der Waals surface area contributed by atoms with Crippen molar-refractivity contribution in [2.24, 2.45) is 5.92 Å². The number of Topliss-reactive ketones (excluding diaryl/α,β-unsaturated/α-hetero) is 1. The number of carbonyl (C=O) groups is 2. The molecule has 0 heterocycles. The van der Waals surface area contributed by atoms with Gasteiger partial charge in [0.15, 0.2) is 0 Å². The molecular weight excluding hydrogens is 381 g/mol. The molecule has 0 aliphatic heterocycles. The van der Waals surface area contributed by atoms with E-state index in [0.717, 1.165) is 11.1 Å². The maximum Gasteiger partial charge on any atom is 0.475 e. The van der Waals surface area contributed by atoms with E-state index >= 15 is 0 Å². The molecule has 3 N–H and O–H groups in total. The summed E-state index contributed by atoms with van der Waals surface area (Å²) in [5, 5.41) is 21.4. The van der Waals surface area contributed by atoms with Crippen molar-refractivity contribution in [2.75, 3.05) is 0 Å². The first-order valence-electron chi connectivity index (χ1n) is 10.3. The lowest BCUT2D eigenvalue weighted by Gasteiger charge is -2.19. The van der Waals surface area contributed by atoms with Gasteiger partial charge in [0.05, 0.1) is 5.94 Å². The molecule has 1 amide bonds. The Morgan fingerprint density at radius 1 is 1.00 bits per heavy atom. The normalized spacial score (nSPS) is 11.8. The zero-order valence-corrected chi connectivity index (χ0v) is 17.6. The second-order valence-electron chi connectivity index (χ2n) is 7.85. The van der Waals surface area contributed by atoms with E-state index in [4.69, 9.17) is 4.74 Å². The highest BCUT2D eigenvalue weighted by molar-refractivity contribution is 6.43. The van der Waals surface area contributed by atoms with E-state index in [-0.39, 0.29) is 36.9 Å². The van der Waals surface area contributed by atoms with Crippen molar-refractivity contribution in [1.82, 2.24) is 5.32 Å². The van der Waals surface area contributed by atoms with E-state index in [0.29, 0.717) is 18.8 Å². The summed E-state index contributed by atoms with van der Waals surface area (Å²) < 4.78 is 5.79. The molecule has 6 nitrogen and oxygen atoms in total. The molecule has 2 rings (SSSR count). The zero-order valence-electron chi connectivity index (χ0n) is 17.6. The number of nitrogens with one attached hydrogen (secondary N) is 1. The van der Waals surface area contributed by atoms with Gasteiger partial charge in [-0.1, -0.05) is 56.3 Å². The Kier molecular flexibility index (Phi) is 9.57. The van der Waals surface area contributed by atoms with Crippen LogP contribution in [0.2, 0.25) is 0 Å². The number of hydrogen-bond acceptors (Lipinski definition) is 5. The molecule has 0 bridgehead atoms. The predicted molar refractivity (Wildman–Crippen MR) is 117 cm³/mol. The van der Waals surface area contributed by atoms with E-state index in [9.17, 15) is 19.6 Å². The molecule has 1 atom stereocenters. The molecule has 2 aromatic carbocycles. The van der Waals surface area contributed by atoms with Gasteiger partial charge in [-0.25, -0.2) is 0 Å². The quantitative estimate of drug-likeness (QED) is 0.467. The fourth-order valence-corrected chi connectivity index (χ4v) is 3.10. The Labute approximate surface area is 178 Å². The number of rotatable bonds is 12. The van der Waals surface area contributed by atoms with Gasteiger partial charge < -0.3 is 20.1 Å². The van der Waals surface area contributed by atoms with Gasteiger partial charge in [0.1, 0.15) is 18.1 Å². The summed E-state index contributed by atoms with van der Waals surface area (Å²) in [6, 6.07) is 17.2. The first kappa shape index (κ1) is 23.6. The van der Waals surface area contributed by atoms with Gasteiger partial charge in [0.2, 0.25) is 5.91 Å². The summed E-state index contributed by atoms with van der Waals surface area (Å²) in [6.45, 7) is 4.32. The number of ether oxygens (including phenoxy) is 1. The summed E-state index contributed by atoms with van der Waals surface area (Å²) in [4.78, 5) is 24.4. The number of hydrogen-bond donors (Lipinski definition) is 3. The molecule has 2 aromatic rings. The maximum absolute atomic E-state index is 12.3. The van der Waals surface area contributed by atoms with E-state index < -0.39 is 13.1 Å². The first-order chi connectivity index (χ1) is 14.3. The lowest BCUT2D eigenvalue weighted by molar-refractivity contribution is -0.125. The van der Waals surface area contributed by atoms with Crippen LogP contribution in [0.25, 0.3) is 0 Å². The molecule has 0 saturated heterocycles. The van der Waals surface area contributed by atoms with E-state index in [1.165, 1.54) is 0 Å². The molecule has 0 aliphatic rings. The van der Waals surface area contributed by atoms with E-state index in [2.05, 4.69) is 5.32 Å². The van der Waals surface area contributed by atoms with Crippen LogP contribution >= 0.6 is 0 Å². The van der Waals surface area contributed by atoms with Crippen LogP contribution < -0.4 is 10.1 Å². The monoisotopic (exact) mass is 411 g/mol. The van der Waals surface area contributed by atoms with E-state index in [1.54, 1.807) is 0 Å². The van der Waals surface area contributed by atoms with Gasteiger partial charge >= 0.3 is 7.12 Å². The topological polar surface area (TPSA) is 95.9 Å². The predicted octanol–water partition coefficient (Wildman–Crippen LogP) is 2.70. The second-order valence-corrected chi connectivity index (χ2v) is 7.85. The summed E-state index contributed by atoms with van der Waals surface area (Å²) in [5.74, 6) is -0.256. The Morgan fingerprint density at radius 2 is 1.70 bits per heavy atom. The molecule has 0 saturated carbocycles. The van der Waals surface area contributed by atoms with Crippen LogP contribution in [0.15, 0.2) is 54.6 Å². The van der Waals surface area contributed by atoms with Crippen molar-refractivity contribution in [1.29, 1.82) is 0 Å². The Hall–Kier alpha value is -2.64. The van der Waals surface area contributed by atoms with Crippen LogP contribution in [0.1, 0.15) is 44.2 Å². The maximum atomic E-state index is 12.3. The van der Waals surface area contributed by atoms with Crippen molar-refractivity contribution in [3.63, 3.8) is 0 Å². The van der Waals surface area contributed by atoms with Gasteiger partial charge in [0.25, 0.3) is 0 Å². The largest absolute Gasteiger partial charge is 0.489 e. The standard InChI is InChI=1S/C23H30BNO5/c1-17(2)13-22(24(28)29)25-23(27)12-11-20(26)14-19-9-6-10-21(15-19)30-16-18-7-4-3-5-8-18/h3-10,15,17,22,28-29H,11-14,16H2,1-2H3,(H,25,27)/t22-/m0/s1. The minimum absolute atomic E-state index is 0.0182. The zero-order chi connectivity index (χ0) is 21.9. The molecule has 0 radical (unpaired) electrons. The highest BCUT2D eigenvalue weighted by Gasteiger charge is 2.26. The van der Waals surface area contributed by atoms with Crippen LogP contribution in [0.5, 0.6) is 5.75 Å². The number of ketones is 1. The minimum Gasteiger partial charge on any atom is -0.489 e. The van der Waals surface area contributed by atoms with Crippen molar-refractivity contribution >= 4 is 18.8 Å². The van der Waals surface area contributed by atoms with Crippen LogP contribution in [0.4, 0.5) is 0 Å². The average Bonchev–Trinajstić information content (AvgIpc) is 2.71. The third-order valence-corrected chi connectivity index (χ3v) is 4.61. The van der Waals surface area contributed by atoms with Gasteiger partial charge in [-0.15, -0.1) is 0 Å². The lowest BCUT2D eigenvalue weighted by Crippen LogP contribution is -2.47. The Bertz CT molecular complexity index is 810. The lowest BCUT2D eigenvalue weighted by atomic mass is 9.75. The van der Waals surface area contributed by atoms with Crippen molar-refractivity contribution in [3.05, 3.63) is 65.7 Å². The SMILES string of the molecule is CC(C)C[C@H](NC(=O)CCC(=O)Cc1cccc(OCc2ccccc2)c1)B(O)O. The number of carbonyl (C=O) groups excluding carboxylic acids is 2. The fourth-order valence-electron chi connectivity index (χ4n) is 3.10. The molecule has 7 heteroatoms. The van der Waals surface area contributed by atoms with Gasteiger partial charge in [-0.05, 0) is 35.6 Å². The van der Waals surface area contributed by atoms with Crippen molar-refractivity contribution < 1.29 is 24.4 Å². The molecule has 160 valence electrons. The highest BCUT2D eigenvalue weighted by atomic mass is 16.5. The van der Waals surface area contributed by atoms with Crippen molar-refractivity contribution in [2.45, 2.75) is 52.1 Å². The summed E-state index contributed by atoms with van der Waals surface area (Å²) in [5.41, 5.74) is 1.89. The molecule has 0 fully saturated rings. The average molecular weight is 411 g/mol. The first-order valence-corrected chi connectivity index (χ1v) is 10.3. The Balaban J connectivity index is 1.79. The highest BCUT2D eigenvalue weighted by Crippen LogP contribution is 2.16. The third-order valence-electron chi connectivity index (χ3n) is 4.61. The molecule has 0 aliphatic carbocycles. The minimum atomic E-state index is -1.62. The third kappa shape index (κ3) is 8.80. The summed E-state index contributed by atoms with van der Waals surface area (Å²) in [7, 11) is -1.62. The van der Waals surface area contributed by atoms with Gasteiger partial charge in [-0.2, -0.15) is 0 Å². The molecular formula is C23H30BNO5. The fraction of sp³-hybridized carbons (Fsp3) is 0.391. The van der Waals surface area contributed by atoms with Gasteiger partial charge in [-0.3, -0.25) is 9.59 Å². The number of amides is 1. The molecule has 0 aromatic heterocycles. The Morgan fingerprint density at radius 3 is 2.37 bits per heavy atom. The van der Waals surface area contributed by atoms with E-state index in [1.807, 2.05) is 68.4 Å². The summed E-state index contributed by atoms with van der Waals surface area (Å²) >= 11 is 0. The molecule has 30 heavy (non-hydrogen) atoms. The van der Waals surface area contributed by atoms with Crippen molar-refractivity contribution in [3.8, 4) is 5.75 Å². The van der Waals surface area contributed by atoms with Crippen LogP contribution in [0.3, 0.4) is 0 Å². The number of benzene rings is 2. The molecule has 0 spiro atoms. The van der Waals surface area contributed by atoms with Gasteiger partial charge in [0, 0.05) is 19.3 Å². The smallest absolute Gasteiger partial charge is 0.475 e. The van der Waals surface area contributed by atoms with Crippen LogP contribution in [0, 0.1) is 5.92 Å². The second kappa shape index (κ2) is 12.1. The summed E-state index contributed by atoms with van der Waals surface area (Å²) in [6.07, 6.45) is 0.780.